The zero-order chi connectivity index (χ0) is 16.0. The molecule has 0 aliphatic carbocycles. The van der Waals surface area contributed by atoms with Crippen LogP contribution in [0.3, 0.4) is 0 Å². The summed E-state index contributed by atoms with van der Waals surface area (Å²) >= 11 is 12.0. The third-order valence-corrected chi connectivity index (χ3v) is 3.66. The fraction of sp³-hybridized carbons (Fsp3) is 0.308. The van der Waals surface area contributed by atoms with Crippen molar-refractivity contribution in [1.82, 2.24) is 10.2 Å². The second-order valence-corrected chi connectivity index (χ2v) is 5.18. The molecule has 0 spiro atoms. The van der Waals surface area contributed by atoms with Crippen LogP contribution in [0.25, 0.3) is 5.70 Å². The van der Waals surface area contributed by atoms with Crippen LogP contribution >= 0.6 is 23.2 Å². The predicted octanol–water partition coefficient (Wildman–Crippen LogP) is 1.00. The van der Waals surface area contributed by atoms with Gasteiger partial charge in [-0.3, -0.25) is 0 Å². The molecule has 0 unspecified atom stereocenters. The lowest BCUT2D eigenvalue weighted by atomic mass is 10.1. The van der Waals surface area contributed by atoms with Gasteiger partial charge in [-0.25, -0.2) is 0 Å². The summed E-state index contributed by atoms with van der Waals surface area (Å²) in [6.07, 6.45) is 0. The molecule has 21 heavy (non-hydrogen) atoms. The molecule has 0 radical (unpaired) electrons. The van der Waals surface area contributed by atoms with Crippen LogP contribution < -0.4 is 22.5 Å². The summed E-state index contributed by atoms with van der Waals surface area (Å²) in [7, 11) is 3.67. The smallest absolute Gasteiger partial charge is 0.197 e. The fourth-order valence-corrected chi connectivity index (χ4v) is 1.92. The maximum Gasteiger partial charge on any atom is 0.197 e. The standard InChI is InChI=1S/C13H20Cl2N6/c1-19-6-7-21(2)13(18)20-12(17)11(16)8-4-3-5-9(14)10(8)15/h3-5,19H,6-7,16-17H2,1-2H3,(H2,18,20)/b12-11-. The first-order valence-electron chi connectivity index (χ1n) is 6.28. The van der Waals surface area contributed by atoms with Gasteiger partial charge in [-0.05, 0) is 13.1 Å². The second-order valence-electron chi connectivity index (χ2n) is 4.40. The lowest BCUT2D eigenvalue weighted by Gasteiger charge is -2.18. The summed E-state index contributed by atoms with van der Waals surface area (Å²) in [5, 5.41) is 3.74. The zero-order valence-corrected chi connectivity index (χ0v) is 13.5. The number of nitrogens with zero attached hydrogens (tertiary/aromatic N) is 2. The monoisotopic (exact) mass is 330 g/mol. The summed E-state index contributed by atoms with van der Waals surface area (Å²) in [6, 6.07) is 5.11. The Kier molecular flexibility index (Phi) is 6.61. The SMILES string of the molecule is CNCCN(C)/C(N)=N/C(N)=C(\N)c1cccc(Cl)c1Cl. The number of likely N-dealkylation sites (N-methyl/N-ethyl adjacent to an activating group) is 2. The lowest BCUT2D eigenvalue weighted by molar-refractivity contribution is 0.489. The summed E-state index contributed by atoms with van der Waals surface area (Å²) in [5.41, 5.74) is 18.5. The highest BCUT2D eigenvalue weighted by Gasteiger charge is 2.10. The minimum Gasteiger partial charge on any atom is -0.395 e. The van der Waals surface area contributed by atoms with E-state index < -0.39 is 0 Å². The van der Waals surface area contributed by atoms with Crippen molar-refractivity contribution in [3.63, 3.8) is 0 Å². The molecular weight excluding hydrogens is 311 g/mol. The van der Waals surface area contributed by atoms with Gasteiger partial charge in [0.2, 0.25) is 0 Å². The molecule has 1 rings (SSSR count). The van der Waals surface area contributed by atoms with E-state index in [1.165, 1.54) is 0 Å². The number of hydrogen-bond donors (Lipinski definition) is 4. The van der Waals surface area contributed by atoms with Gasteiger partial charge >= 0.3 is 0 Å². The Morgan fingerprint density at radius 1 is 1.29 bits per heavy atom. The van der Waals surface area contributed by atoms with Crippen molar-refractivity contribution in [3.8, 4) is 0 Å². The first-order chi connectivity index (χ1) is 9.88. The normalized spacial score (nSPS) is 13.0. The minimum atomic E-state index is 0.0907. The molecule has 1 aromatic carbocycles. The van der Waals surface area contributed by atoms with Crippen molar-refractivity contribution >= 4 is 34.9 Å². The van der Waals surface area contributed by atoms with Gasteiger partial charge in [0, 0.05) is 25.7 Å². The Morgan fingerprint density at radius 3 is 2.57 bits per heavy atom. The topological polar surface area (TPSA) is 106 Å². The molecule has 0 saturated heterocycles. The number of rotatable bonds is 5. The van der Waals surface area contributed by atoms with E-state index in [0.717, 1.165) is 6.54 Å². The van der Waals surface area contributed by atoms with E-state index in [2.05, 4.69) is 10.3 Å². The fourth-order valence-electron chi connectivity index (χ4n) is 1.51. The van der Waals surface area contributed by atoms with E-state index in [-0.39, 0.29) is 17.5 Å². The third-order valence-electron chi connectivity index (χ3n) is 2.84. The van der Waals surface area contributed by atoms with Crippen molar-refractivity contribution in [2.45, 2.75) is 0 Å². The van der Waals surface area contributed by atoms with Crippen LogP contribution in [0.2, 0.25) is 10.0 Å². The average molecular weight is 331 g/mol. The molecule has 8 heteroatoms. The van der Waals surface area contributed by atoms with Crippen molar-refractivity contribution in [2.24, 2.45) is 22.2 Å². The number of nitrogens with two attached hydrogens (primary N) is 3. The van der Waals surface area contributed by atoms with Gasteiger partial charge in [0.15, 0.2) is 11.8 Å². The first kappa shape index (κ1) is 17.4. The summed E-state index contributed by atoms with van der Waals surface area (Å²) in [4.78, 5) is 5.86. The average Bonchev–Trinajstić information content (AvgIpc) is 2.46. The molecule has 0 aliphatic rings. The van der Waals surface area contributed by atoms with E-state index >= 15 is 0 Å². The number of hydrogen-bond acceptors (Lipinski definition) is 4. The van der Waals surface area contributed by atoms with E-state index in [9.17, 15) is 0 Å². The van der Waals surface area contributed by atoms with Crippen LogP contribution in [0, 0.1) is 0 Å². The minimum absolute atomic E-state index is 0.0907. The molecule has 116 valence electrons. The van der Waals surface area contributed by atoms with Gasteiger partial charge in [0.25, 0.3) is 0 Å². The number of benzene rings is 1. The number of nitrogens with one attached hydrogen (secondary N) is 1. The molecule has 0 aromatic heterocycles. The first-order valence-corrected chi connectivity index (χ1v) is 7.03. The van der Waals surface area contributed by atoms with E-state index in [1.807, 2.05) is 14.1 Å². The maximum atomic E-state index is 6.10. The van der Waals surface area contributed by atoms with Crippen LogP contribution in [0.4, 0.5) is 0 Å². The molecule has 0 aliphatic heterocycles. The van der Waals surface area contributed by atoms with Crippen LogP contribution in [-0.2, 0) is 0 Å². The maximum absolute atomic E-state index is 6.10. The van der Waals surface area contributed by atoms with Crippen LogP contribution in [-0.4, -0.2) is 38.0 Å². The van der Waals surface area contributed by atoms with Gasteiger partial charge in [0.1, 0.15) is 0 Å². The molecule has 0 saturated carbocycles. The lowest BCUT2D eigenvalue weighted by Crippen LogP contribution is -2.38. The highest BCUT2D eigenvalue weighted by atomic mass is 35.5. The number of halogens is 2. The third kappa shape index (κ3) is 4.70. The largest absolute Gasteiger partial charge is 0.395 e. The molecule has 0 heterocycles. The predicted molar refractivity (Wildman–Crippen MR) is 89.9 cm³/mol. The van der Waals surface area contributed by atoms with Crippen molar-refractivity contribution in [3.05, 3.63) is 39.6 Å². The second kappa shape index (κ2) is 7.97. The summed E-state index contributed by atoms with van der Waals surface area (Å²) in [6.45, 7) is 1.46. The van der Waals surface area contributed by atoms with Gasteiger partial charge in [-0.2, -0.15) is 4.99 Å². The molecule has 0 bridgehead atoms. The Morgan fingerprint density at radius 2 is 1.95 bits per heavy atom. The Labute approximate surface area is 134 Å². The molecule has 6 nitrogen and oxygen atoms in total. The number of guanidine groups is 1. The molecule has 0 atom stereocenters. The van der Waals surface area contributed by atoms with E-state index in [4.69, 9.17) is 40.4 Å². The molecule has 7 N–H and O–H groups in total. The van der Waals surface area contributed by atoms with Gasteiger partial charge in [-0.15, -0.1) is 0 Å². The van der Waals surface area contributed by atoms with E-state index in [0.29, 0.717) is 22.2 Å². The van der Waals surface area contributed by atoms with E-state index in [1.54, 1.807) is 23.1 Å². The summed E-state index contributed by atoms with van der Waals surface area (Å²) in [5.74, 6) is 0.358. The Bertz CT molecular complexity index is 556. The van der Waals surface area contributed by atoms with Gasteiger partial charge in [0.05, 0.1) is 15.7 Å². The zero-order valence-electron chi connectivity index (χ0n) is 12.0. The Hall–Kier alpha value is -1.63. The van der Waals surface area contributed by atoms with Crippen molar-refractivity contribution < 1.29 is 0 Å². The quantitative estimate of drug-likeness (QED) is 0.476. The Balaban J connectivity index is 3.03. The molecular formula is C13H20Cl2N6. The van der Waals surface area contributed by atoms with Crippen molar-refractivity contribution in [1.29, 1.82) is 0 Å². The van der Waals surface area contributed by atoms with Crippen LogP contribution in [0.5, 0.6) is 0 Å². The van der Waals surface area contributed by atoms with Gasteiger partial charge < -0.3 is 27.4 Å². The van der Waals surface area contributed by atoms with Crippen LogP contribution in [0.15, 0.2) is 29.0 Å². The summed E-state index contributed by atoms with van der Waals surface area (Å²) < 4.78 is 0. The molecule has 1 aromatic rings. The highest BCUT2D eigenvalue weighted by molar-refractivity contribution is 6.43. The van der Waals surface area contributed by atoms with Crippen LogP contribution in [0.1, 0.15) is 5.56 Å². The number of aliphatic imine (C=N–C) groups is 1. The molecule has 0 amide bonds. The van der Waals surface area contributed by atoms with Gasteiger partial charge in [-0.1, -0.05) is 35.3 Å². The van der Waals surface area contributed by atoms with Crippen molar-refractivity contribution in [2.75, 3.05) is 27.2 Å². The highest BCUT2D eigenvalue weighted by Crippen LogP contribution is 2.29. The molecule has 0 fully saturated rings.